The minimum absolute atomic E-state index is 0. The molecule has 0 aliphatic carbocycles. The van der Waals surface area contributed by atoms with Gasteiger partial charge in [0.05, 0.1) is 13.2 Å². The second-order valence-corrected chi connectivity index (χ2v) is 4.79. The number of rotatable bonds is 8. The maximum atomic E-state index is 10.2. The number of benzene rings is 1. The number of aliphatic hydroxyl groups is 1. The molecule has 0 fully saturated rings. The second kappa shape index (κ2) is 12.9. The van der Waals surface area contributed by atoms with Gasteiger partial charge in [0.15, 0.2) is 5.96 Å². The summed E-state index contributed by atoms with van der Waals surface area (Å²) in [5.41, 5.74) is 0.688. The molecule has 0 amide bonds. The second-order valence-electron chi connectivity index (χ2n) is 4.38. The van der Waals surface area contributed by atoms with Crippen LogP contribution in [0.1, 0.15) is 25.5 Å². The number of nitrogens with zero attached hydrogens (tertiary/aromatic N) is 1. The molecular weight excluding hydrogens is 417 g/mol. The van der Waals surface area contributed by atoms with Crippen molar-refractivity contribution in [3.63, 3.8) is 0 Å². The number of guanidine groups is 1. The molecule has 3 N–H and O–H groups in total. The third-order valence-electron chi connectivity index (χ3n) is 2.77. The van der Waals surface area contributed by atoms with Gasteiger partial charge in [-0.05, 0) is 19.9 Å². The Kier molecular flexibility index (Phi) is 12.6. The van der Waals surface area contributed by atoms with Crippen LogP contribution in [0.25, 0.3) is 0 Å². The first-order valence-corrected chi connectivity index (χ1v) is 7.59. The summed E-state index contributed by atoms with van der Waals surface area (Å²) >= 11 is 6.06. The highest BCUT2D eigenvalue weighted by atomic mass is 127. The first-order chi connectivity index (χ1) is 10.2. The van der Waals surface area contributed by atoms with Gasteiger partial charge in [-0.3, -0.25) is 4.99 Å². The summed E-state index contributed by atoms with van der Waals surface area (Å²) in [4.78, 5) is 4.36. The fourth-order valence-corrected chi connectivity index (χ4v) is 2.01. The van der Waals surface area contributed by atoms with E-state index in [4.69, 9.17) is 16.3 Å². The van der Waals surface area contributed by atoms with Crippen molar-refractivity contribution in [2.45, 2.75) is 20.0 Å². The standard InChI is InChI=1S/C15H24ClN3O2.HI/c1-3-17-15(18-9-10-21-4-2)19-11-14(20)12-7-5-6-8-13(12)16;/h5-8,14,20H,3-4,9-11H2,1-2H3,(H2,17,18,19);1H. The van der Waals surface area contributed by atoms with Crippen molar-refractivity contribution in [3.8, 4) is 0 Å². The highest BCUT2D eigenvalue weighted by Crippen LogP contribution is 2.22. The van der Waals surface area contributed by atoms with Crippen molar-refractivity contribution in [2.75, 3.05) is 32.8 Å². The third kappa shape index (κ3) is 8.17. The van der Waals surface area contributed by atoms with Crippen molar-refractivity contribution in [1.82, 2.24) is 10.6 Å². The van der Waals surface area contributed by atoms with Crippen molar-refractivity contribution in [2.24, 2.45) is 4.99 Å². The van der Waals surface area contributed by atoms with E-state index in [0.29, 0.717) is 36.3 Å². The molecule has 1 unspecified atom stereocenters. The Bertz CT molecular complexity index is 447. The number of halogens is 2. The summed E-state index contributed by atoms with van der Waals surface area (Å²) in [5, 5.41) is 17.0. The Labute approximate surface area is 154 Å². The van der Waals surface area contributed by atoms with Gasteiger partial charge in [-0.15, -0.1) is 24.0 Å². The number of aliphatic imine (C=N–C) groups is 1. The van der Waals surface area contributed by atoms with Crippen molar-refractivity contribution >= 4 is 41.5 Å². The normalized spacial score (nSPS) is 12.5. The van der Waals surface area contributed by atoms with E-state index >= 15 is 0 Å². The highest BCUT2D eigenvalue weighted by molar-refractivity contribution is 14.0. The van der Waals surface area contributed by atoms with E-state index in [0.717, 1.165) is 6.54 Å². The summed E-state index contributed by atoms with van der Waals surface area (Å²) in [6, 6.07) is 7.24. The van der Waals surface area contributed by atoms with Gasteiger partial charge in [0.1, 0.15) is 6.10 Å². The Morgan fingerprint density at radius 3 is 2.68 bits per heavy atom. The van der Waals surface area contributed by atoms with Gasteiger partial charge < -0.3 is 20.5 Å². The van der Waals surface area contributed by atoms with Gasteiger partial charge in [0.25, 0.3) is 0 Å². The lowest BCUT2D eigenvalue weighted by molar-refractivity contribution is 0.152. The SMILES string of the molecule is CCNC(=NCC(O)c1ccccc1Cl)NCCOCC.I. The van der Waals surface area contributed by atoms with Gasteiger partial charge >= 0.3 is 0 Å². The quantitative estimate of drug-likeness (QED) is 0.251. The van der Waals surface area contributed by atoms with E-state index in [1.807, 2.05) is 26.0 Å². The number of nitrogens with one attached hydrogen (secondary N) is 2. The molecule has 0 aliphatic rings. The first-order valence-electron chi connectivity index (χ1n) is 7.21. The Morgan fingerprint density at radius 1 is 1.32 bits per heavy atom. The van der Waals surface area contributed by atoms with Crippen molar-refractivity contribution in [3.05, 3.63) is 34.9 Å². The molecule has 0 aliphatic heterocycles. The minimum Gasteiger partial charge on any atom is -0.386 e. The molecule has 0 radical (unpaired) electrons. The fourth-order valence-electron chi connectivity index (χ4n) is 1.75. The molecule has 0 bridgehead atoms. The molecule has 5 nitrogen and oxygen atoms in total. The number of hydrogen-bond acceptors (Lipinski definition) is 3. The number of hydrogen-bond donors (Lipinski definition) is 3. The molecule has 0 saturated carbocycles. The smallest absolute Gasteiger partial charge is 0.191 e. The van der Waals surface area contributed by atoms with Crippen molar-refractivity contribution < 1.29 is 9.84 Å². The molecule has 1 atom stereocenters. The summed E-state index contributed by atoms with van der Waals surface area (Å²) in [7, 11) is 0. The van der Waals surface area contributed by atoms with E-state index in [2.05, 4.69) is 15.6 Å². The molecule has 0 heterocycles. The molecule has 1 rings (SSSR count). The number of aliphatic hydroxyl groups excluding tert-OH is 1. The molecule has 1 aromatic rings. The molecule has 0 spiro atoms. The average Bonchev–Trinajstić information content (AvgIpc) is 2.49. The summed E-state index contributed by atoms with van der Waals surface area (Å²) in [5.74, 6) is 0.656. The van der Waals surface area contributed by atoms with Crippen LogP contribution in [0, 0.1) is 0 Å². The fraction of sp³-hybridized carbons (Fsp3) is 0.533. The van der Waals surface area contributed by atoms with Crippen LogP contribution in [-0.2, 0) is 4.74 Å². The monoisotopic (exact) mass is 441 g/mol. The number of ether oxygens (including phenoxy) is 1. The molecule has 0 aromatic heterocycles. The van der Waals surface area contributed by atoms with Crippen LogP contribution in [0.15, 0.2) is 29.3 Å². The van der Waals surface area contributed by atoms with Gasteiger partial charge in [-0.2, -0.15) is 0 Å². The predicted molar refractivity (Wildman–Crippen MR) is 102 cm³/mol. The first kappa shape index (κ1) is 21.4. The predicted octanol–water partition coefficient (Wildman–Crippen LogP) is 2.58. The molecule has 7 heteroatoms. The van der Waals surface area contributed by atoms with E-state index in [-0.39, 0.29) is 30.5 Å². The topological polar surface area (TPSA) is 65.9 Å². The Balaban J connectivity index is 0.00000441. The molecule has 126 valence electrons. The third-order valence-corrected chi connectivity index (χ3v) is 3.12. The lowest BCUT2D eigenvalue weighted by Crippen LogP contribution is -2.39. The maximum Gasteiger partial charge on any atom is 0.191 e. The largest absolute Gasteiger partial charge is 0.386 e. The zero-order valence-electron chi connectivity index (χ0n) is 13.0. The molecular formula is C15H25ClIN3O2. The van der Waals surface area contributed by atoms with Gasteiger partial charge in [-0.1, -0.05) is 29.8 Å². The summed E-state index contributed by atoms with van der Waals surface area (Å²) < 4.78 is 5.26. The van der Waals surface area contributed by atoms with Crippen LogP contribution in [0.3, 0.4) is 0 Å². The van der Waals surface area contributed by atoms with E-state index in [1.165, 1.54) is 0 Å². The van der Waals surface area contributed by atoms with E-state index in [9.17, 15) is 5.11 Å². The summed E-state index contributed by atoms with van der Waals surface area (Å²) in [6.07, 6.45) is -0.721. The molecule has 0 saturated heterocycles. The van der Waals surface area contributed by atoms with E-state index < -0.39 is 6.10 Å². The van der Waals surface area contributed by atoms with Crippen LogP contribution < -0.4 is 10.6 Å². The van der Waals surface area contributed by atoms with Crippen LogP contribution >= 0.6 is 35.6 Å². The summed E-state index contributed by atoms with van der Waals surface area (Å²) in [6.45, 7) is 6.93. The van der Waals surface area contributed by atoms with Gasteiger partial charge in [0, 0.05) is 30.3 Å². The molecule has 1 aromatic carbocycles. The van der Waals surface area contributed by atoms with Gasteiger partial charge in [-0.25, -0.2) is 0 Å². The van der Waals surface area contributed by atoms with Crippen LogP contribution in [0.5, 0.6) is 0 Å². The zero-order chi connectivity index (χ0) is 15.5. The Morgan fingerprint density at radius 2 is 2.05 bits per heavy atom. The van der Waals surface area contributed by atoms with Crippen LogP contribution in [0.2, 0.25) is 5.02 Å². The highest BCUT2D eigenvalue weighted by Gasteiger charge is 2.10. The van der Waals surface area contributed by atoms with Crippen molar-refractivity contribution in [1.29, 1.82) is 0 Å². The minimum atomic E-state index is -0.721. The lowest BCUT2D eigenvalue weighted by atomic mass is 10.1. The zero-order valence-corrected chi connectivity index (χ0v) is 16.1. The average molecular weight is 442 g/mol. The molecule has 22 heavy (non-hydrogen) atoms. The Hall–Kier alpha value is -0.570. The maximum absolute atomic E-state index is 10.2. The lowest BCUT2D eigenvalue weighted by Gasteiger charge is -2.14. The van der Waals surface area contributed by atoms with Gasteiger partial charge in [0.2, 0.25) is 0 Å². The van der Waals surface area contributed by atoms with E-state index in [1.54, 1.807) is 12.1 Å². The van der Waals surface area contributed by atoms with Crippen LogP contribution in [0.4, 0.5) is 0 Å². The van der Waals surface area contributed by atoms with Crippen LogP contribution in [-0.4, -0.2) is 43.9 Å².